The SMILES string of the molecule is O=Cc1nc2c(C=O)scc2o1. The van der Waals surface area contributed by atoms with E-state index in [1.54, 1.807) is 5.38 Å². The van der Waals surface area contributed by atoms with Crippen molar-refractivity contribution in [1.29, 1.82) is 0 Å². The van der Waals surface area contributed by atoms with Gasteiger partial charge in [0.25, 0.3) is 5.89 Å². The predicted molar refractivity (Wildman–Crippen MR) is 42.7 cm³/mol. The molecule has 2 heterocycles. The maximum Gasteiger partial charge on any atom is 0.260 e. The molecule has 0 unspecified atom stereocenters. The number of aromatic nitrogens is 1. The highest BCUT2D eigenvalue weighted by Gasteiger charge is 2.10. The molecule has 0 N–H and O–H groups in total. The van der Waals surface area contributed by atoms with E-state index >= 15 is 0 Å². The van der Waals surface area contributed by atoms with Crippen LogP contribution < -0.4 is 0 Å². The monoisotopic (exact) mass is 181 g/mol. The lowest BCUT2D eigenvalue weighted by molar-refractivity contribution is 0.109. The zero-order valence-electron chi connectivity index (χ0n) is 5.81. The van der Waals surface area contributed by atoms with Crippen LogP contribution in [-0.4, -0.2) is 17.6 Å². The maximum atomic E-state index is 10.4. The Balaban J connectivity index is 2.75. The highest BCUT2D eigenvalue weighted by atomic mass is 32.1. The molecule has 0 radical (unpaired) electrons. The van der Waals surface area contributed by atoms with Gasteiger partial charge < -0.3 is 4.42 Å². The maximum absolute atomic E-state index is 10.4. The van der Waals surface area contributed by atoms with Gasteiger partial charge >= 0.3 is 0 Å². The van der Waals surface area contributed by atoms with Crippen LogP contribution >= 0.6 is 11.3 Å². The number of aldehydes is 2. The first-order chi connectivity index (χ1) is 5.85. The first-order valence-corrected chi connectivity index (χ1v) is 4.01. The van der Waals surface area contributed by atoms with Gasteiger partial charge in [0.2, 0.25) is 6.29 Å². The van der Waals surface area contributed by atoms with E-state index in [1.807, 2.05) is 0 Å². The Morgan fingerprint density at radius 3 is 2.92 bits per heavy atom. The number of oxazole rings is 1. The summed E-state index contributed by atoms with van der Waals surface area (Å²) < 4.78 is 4.97. The van der Waals surface area contributed by atoms with Crippen molar-refractivity contribution in [3.63, 3.8) is 0 Å². The van der Waals surface area contributed by atoms with E-state index in [0.717, 1.165) is 0 Å². The quantitative estimate of drug-likeness (QED) is 0.659. The second-order valence-corrected chi connectivity index (χ2v) is 3.01. The smallest absolute Gasteiger partial charge is 0.260 e. The Hall–Kier alpha value is -1.49. The lowest BCUT2D eigenvalue weighted by Gasteiger charge is -1.74. The Kier molecular flexibility index (Phi) is 1.51. The highest BCUT2D eigenvalue weighted by Crippen LogP contribution is 2.23. The fraction of sp³-hybridized carbons (Fsp3) is 0. The molecular weight excluding hydrogens is 178 g/mol. The number of nitrogens with zero attached hydrogens (tertiary/aromatic N) is 1. The van der Waals surface area contributed by atoms with Crippen molar-refractivity contribution in [3.05, 3.63) is 16.1 Å². The first-order valence-electron chi connectivity index (χ1n) is 3.13. The number of thiophene rings is 1. The van der Waals surface area contributed by atoms with E-state index in [-0.39, 0.29) is 5.89 Å². The molecule has 0 aliphatic heterocycles. The molecule has 0 spiro atoms. The van der Waals surface area contributed by atoms with E-state index in [2.05, 4.69) is 4.98 Å². The predicted octanol–water partition coefficient (Wildman–Crippen LogP) is 1.51. The van der Waals surface area contributed by atoms with Crippen LogP contribution in [0, 0.1) is 0 Å². The Morgan fingerprint density at radius 2 is 2.25 bits per heavy atom. The molecule has 0 aromatic carbocycles. The summed E-state index contributed by atoms with van der Waals surface area (Å²) in [6.07, 6.45) is 1.21. The lowest BCUT2D eigenvalue weighted by Crippen LogP contribution is -1.77. The third kappa shape index (κ3) is 0.868. The minimum Gasteiger partial charge on any atom is -0.433 e. The van der Waals surface area contributed by atoms with Gasteiger partial charge in [0, 0.05) is 5.38 Å². The second-order valence-electron chi connectivity index (χ2n) is 2.10. The molecule has 2 aromatic heterocycles. The van der Waals surface area contributed by atoms with Crippen LogP contribution in [0.25, 0.3) is 11.1 Å². The summed E-state index contributed by atoms with van der Waals surface area (Å²) in [5.41, 5.74) is 0.960. The van der Waals surface area contributed by atoms with Crippen LogP contribution in [0.15, 0.2) is 9.80 Å². The van der Waals surface area contributed by atoms with E-state index in [1.165, 1.54) is 11.3 Å². The van der Waals surface area contributed by atoms with Gasteiger partial charge in [-0.25, -0.2) is 4.98 Å². The second kappa shape index (κ2) is 2.53. The van der Waals surface area contributed by atoms with Crippen LogP contribution in [0.1, 0.15) is 20.4 Å². The summed E-state index contributed by atoms with van der Waals surface area (Å²) in [6.45, 7) is 0. The van der Waals surface area contributed by atoms with Gasteiger partial charge in [0.15, 0.2) is 11.9 Å². The molecule has 0 aliphatic carbocycles. The summed E-state index contributed by atoms with van der Waals surface area (Å²) in [5, 5.41) is 1.65. The van der Waals surface area contributed by atoms with Gasteiger partial charge in [0.05, 0.1) is 4.88 Å². The standard InChI is InChI=1S/C7H3NO3S/c9-1-5-7-4(3-12-5)11-6(2-10)8-7/h1-3H. The molecule has 0 amide bonds. The fourth-order valence-corrected chi connectivity index (χ4v) is 1.62. The van der Waals surface area contributed by atoms with Crippen LogP contribution in [0.3, 0.4) is 0 Å². The van der Waals surface area contributed by atoms with Crippen LogP contribution in [0.5, 0.6) is 0 Å². The molecule has 2 aromatic rings. The Morgan fingerprint density at radius 1 is 1.42 bits per heavy atom. The third-order valence-electron chi connectivity index (χ3n) is 1.40. The lowest BCUT2D eigenvalue weighted by atomic mass is 10.4. The molecule has 5 heteroatoms. The van der Waals surface area contributed by atoms with E-state index < -0.39 is 0 Å². The van der Waals surface area contributed by atoms with Gasteiger partial charge in [-0.1, -0.05) is 0 Å². The third-order valence-corrected chi connectivity index (χ3v) is 2.28. The largest absolute Gasteiger partial charge is 0.433 e. The minimum absolute atomic E-state index is 0.0101. The highest BCUT2D eigenvalue weighted by molar-refractivity contribution is 7.13. The summed E-state index contributed by atoms with van der Waals surface area (Å²) in [7, 11) is 0. The zero-order valence-corrected chi connectivity index (χ0v) is 6.63. The van der Waals surface area contributed by atoms with Gasteiger partial charge in [-0.05, 0) is 0 Å². The van der Waals surface area contributed by atoms with Crippen molar-refractivity contribution in [2.45, 2.75) is 0 Å². The van der Waals surface area contributed by atoms with Crippen molar-refractivity contribution in [2.75, 3.05) is 0 Å². The average molecular weight is 181 g/mol. The summed E-state index contributed by atoms with van der Waals surface area (Å²) in [4.78, 5) is 24.9. The first kappa shape index (κ1) is 7.17. The molecule has 0 atom stereocenters. The van der Waals surface area contributed by atoms with Crippen LogP contribution in [-0.2, 0) is 0 Å². The van der Waals surface area contributed by atoms with Gasteiger partial charge in [-0.3, -0.25) is 9.59 Å². The molecule has 2 rings (SSSR count). The van der Waals surface area contributed by atoms with Crippen molar-refractivity contribution in [2.24, 2.45) is 0 Å². The van der Waals surface area contributed by atoms with Crippen LogP contribution in [0.2, 0.25) is 0 Å². The van der Waals surface area contributed by atoms with Crippen molar-refractivity contribution >= 4 is 35.0 Å². The summed E-state index contributed by atoms with van der Waals surface area (Å²) in [6, 6.07) is 0. The Bertz CT molecular complexity index is 442. The number of rotatable bonds is 2. The minimum atomic E-state index is 0.0101. The van der Waals surface area contributed by atoms with Gasteiger partial charge in [-0.2, -0.15) is 0 Å². The number of fused-ring (bicyclic) bond motifs is 1. The average Bonchev–Trinajstić information content (AvgIpc) is 2.61. The van der Waals surface area contributed by atoms with E-state index in [9.17, 15) is 9.59 Å². The Labute approximate surface area is 70.8 Å². The topological polar surface area (TPSA) is 60.2 Å². The summed E-state index contributed by atoms with van der Waals surface area (Å²) in [5.74, 6) is 0.0101. The molecule has 0 fully saturated rings. The number of carbonyl (C=O) groups excluding carboxylic acids is 2. The van der Waals surface area contributed by atoms with Crippen molar-refractivity contribution in [1.82, 2.24) is 4.98 Å². The molecule has 0 aliphatic rings. The molecule has 0 saturated carbocycles. The van der Waals surface area contributed by atoms with E-state index in [0.29, 0.717) is 28.5 Å². The van der Waals surface area contributed by atoms with Crippen molar-refractivity contribution in [3.8, 4) is 0 Å². The molecule has 12 heavy (non-hydrogen) atoms. The van der Waals surface area contributed by atoms with Gasteiger partial charge in [-0.15, -0.1) is 11.3 Å². The molecule has 0 bridgehead atoms. The fourth-order valence-electron chi connectivity index (χ4n) is 0.912. The normalized spacial score (nSPS) is 10.3. The summed E-state index contributed by atoms with van der Waals surface area (Å²) >= 11 is 1.25. The number of carbonyl (C=O) groups is 2. The number of hydrogen-bond acceptors (Lipinski definition) is 5. The molecular formula is C7H3NO3S. The number of hydrogen-bond donors (Lipinski definition) is 0. The molecule has 60 valence electrons. The van der Waals surface area contributed by atoms with Crippen LogP contribution in [0.4, 0.5) is 0 Å². The zero-order chi connectivity index (χ0) is 8.55. The van der Waals surface area contributed by atoms with Gasteiger partial charge in [0.1, 0.15) is 5.52 Å². The molecule has 0 saturated heterocycles. The van der Waals surface area contributed by atoms with Crippen molar-refractivity contribution < 1.29 is 14.0 Å². The van der Waals surface area contributed by atoms with E-state index in [4.69, 9.17) is 4.42 Å². The molecule has 4 nitrogen and oxygen atoms in total.